The van der Waals surface area contributed by atoms with Gasteiger partial charge in [0, 0.05) is 36.1 Å². The Bertz CT molecular complexity index is 1090. The first-order chi connectivity index (χ1) is 13.3. The Balaban J connectivity index is 1.55. The second-order valence-corrected chi connectivity index (χ2v) is 6.55. The third kappa shape index (κ3) is 4.25. The van der Waals surface area contributed by atoms with E-state index in [2.05, 4.69) is 25.6 Å². The van der Waals surface area contributed by atoms with Gasteiger partial charge < -0.3 is 20.6 Å². The summed E-state index contributed by atoms with van der Waals surface area (Å²) in [5, 5.41) is 6.72. The van der Waals surface area contributed by atoms with Gasteiger partial charge in [0.2, 0.25) is 0 Å². The fourth-order valence-electron chi connectivity index (χ4n) is 2.85. The molecule has 0 bridgehead atoms. The average molecular weight is 385 g/mol. The molecule has 0 saturated heterocycles. The van der Waals surface area contributed by atoms with Crippen molar-refractivity contribution in [2.45, 2.75) is 26.3 Å². The molecule has 1 aromatic carbocycles. The van der Waals surface area contributed by atoms with Crippen molar-refractivity contribution < 1.29 is 14.0 Å². The lowest BCUT2D eigenvalue weighted by Crippen LogP contribution is -2.36. The summed E-state index contributed by atoms with van der Waals surface area (Å²) in [4.78, 5) is 44.5. The molecule has 146 valence electrons. The molecule has 2 amide bonds. The lowest BCUT2D eigenvalue weighted by Gasteiger charge is -2.14. The molecular formula is C19H20FN5O3. The van der Waals surface area contributed by atoms with Crippen LogP contribution in [-0.2, 0) is 0 Å². The van der Waals surface area contributed by atoms with Gasteiger partial charge in [0.25, 0.3) is 11.8 Å². The highest BCUT2D eigenvalue weighted by molar-refractivity contribution is 5.98. The largest absolute Gasteiger partial charge is 0.352 e. The number of nitrogens with zero attached hydrogens (tertiary/aromatic N) is 1. The number of aryl methyl sites for hydroxylation is 1. The summed E-state index contributed by atoms with van der Waals surface area (Å²) in [5.41, 5.74) is 0.116. The van der Waals surface area contributed by atoms with E-state index >= 15 is 0 Å². The van der Waals surface area contributed by atoms with Crippen molar-refractivity contribution in [3.8, 4) is 0 Å². The molecule has 3 rings (SSSR count). The van der Waals surface area contributed by atoms with Crippen LogP contribution in [-0.4, -0.2) is 39.4 Å². The van der Waals surface area contributed by atoms with E-state index in [1.165, 1.54) is 12.1 Å². The van der Waals surface area contributed by atoms with Gasteiger partial charge in [0.05, 0.1) is 5.56 Å². The third-order valence-electron chi connectivity index (χ3n) is 4.35. The molecule has 0 aliphatic carbocycles. The molecule has 28 heavy (non-hydrogen) atoms. The van der Waals surface area contributed by atoms with E-state index < -0.39 is 23.3 Å². The summed E-state index contributed by atoms with van der Waals surface area (Å²) in [6.45, 7) is 3.63. The molecule has 1 atom stereocenters. The van der Waals surface area contributed by atoms with Gasteiger partial charge in [0.15, 0.2) is 0 Å². The number of aromatic nitrogens is 3. The van der Waals surface area contributed by atoms with Crippen LogP contribution in [0.4, 0.5) is 4.39 Å². The van der Waals surface area contributed by atoms with Crippen molar-refractivity contribution >= 4 is 22.6 Å². The maximum Gasteiger partial charge on any atom is 0.323 e. The first kappa shape index (κ1) is 19.3. The predicted molar refractivity (Wildman–Crippen MR) is 102 cm³/mol. The fraction of sp³-hybridized carbons (Fsp3) is 0.263. The van der Waals surface area contributed by atoms with Crippen molar-refractivity contribution in [3.63, 3.8) is 0 Å². The smallest absolute Gasteiger partial charge is 0.323 e. The van der Waals surface area contributed by atoms with Crippen molar-refractivity contribution in [2.24, 2.45) is 0 Å². The zero-order valence-corrected chi connectivity index (χ0v) is 15.4. The fourth-order valence-corrected chi connectivity index (χ4v) is 2.85. The Morgan fingerprint density at radius 2 is 2.00 bits per heavy atom. The quantitative estimate of drug-likeness (QED) is 0.516. The summed E-state index contributed by atoms with van der Waals surface area (Å²) in [6, 6.07) is 4.17. The van der Waals surface area contributed by atoms with E-state index in [4.69, 9.17) is 0 Å². The van der Waals surface area contributed by atoms with Gasteiger partial charge in [-0.1, -0.05) is 0 Å². The summed E-state index contributed by atoms with van der Waals surface area (Å²) in [7, 11) is 0. The summed E-state index contributed by atoms with van der Waals surface area (Å²) >= 11 is 0. The number of aromatic amines is 2. The number of benzene rings is 1. The van der Waals surface area contributed by atoms with Gasteiger partial charge >= 0.3 is 5.69 Å². The van der Waals surface area contributed by atoms with Crippen LogP contribution >= 0.6 is 0 Å². The molecule has 0 radical (unpaired) electrons. The van der Waals surface area contributed by atoms with E-state index in [1.54, 1.807) is 32.3 Å². The first-order valence-electron chi connectivity index (χ1n) is 8.76. The highest BCUT2D eigenvalue weighted by Gasteiger charge is 2.16. The molecule has 1 unspecified atom stereocenters. The maximum absolute atomic E-state index is 14.2. The highest BCUT2D eigenvalue weighted by Crippen LogP contribution is 2.18. The number of fused-ring (bicyclic) bond motifs is 1. The lowest BCUT2D eigenvalue weighted by molar-refractivity contribution is 0.0932. The van der Waals surface area contributed by atoms with Crippen molar-refractivity contribution in [1.29, 1.82) is 0 Å². The summed E-state index contributed by atoms with van der Waals surface area (Å²) in [5.74, 6) is -1.56. The van der Waals surface area contributed by atoms with Crippen molar-refractivity contribution in [3.05, 3.63) is 63.8 Å². The van der Waals surface area contributed by atoms with Crippen LogP contribution in [0.25, 0.3) is 10.8 Å². The minimum atomic E-state index is -0.607. The van der Waals surface area contributed by atoms with Crippen LogP contribution in [0.3, 0.4) is 0 Å². The predicted octanol–water partition coefficient (Wildman–Crippen LogP) is 1.64. The zero-order valence-electron chi connectivity index (χ0n) is 15.4. The van der Waals surface area contributed by atoms with Crippen LogP contribution in [0.1, 0.15) is 39.9 Å². The number of carbonyl (C=O) groups excluding carboxylic acids is 2. The van der Waals surface area contributed by atoms with Gasteiger partial charge in [-0.2, -0.15) is 0 Å². The molecule has 0 spiro atoms. The number of rotatable bonds is 6. The van der Waals surface area contributed by atoms with Gasteiger partial charge in [-0.25, -0.2) is 9.18 Å². The SMILES string of the molecule is Cc1[nH]c(=O)[nH]c1C(=O)NC(C)CCNC(=O)c1cc2cnccc2cc1F. The zero-order chi connectivity index (χ0) is 20.3. The first-order valence-corrected chi connectivity index (χ1v) is 8.76. The summed E-state index contributed by atoms with van der Waals surface area (Å²) in [6.07, 6.45) is 3.56. The summed E-state index contributed by atoms with van der Waals surface area (Å²) < 4.78 is 14.2. The van der Waals surface area contributed by atoms with Crippen LogP contribution in [0.15, 0.2) is 35.4 Å². The van der Waals surface area contributed by atoms with Gasteiger partial charge in [-0.15, -0.1) is 0 Å². The second kappa shape index (κ2) is 8.03. The molecule has 2 aromatic heterocycles. The Morgan fingerprint density at radius 3 is 2.71 bits per heavy atom. The van der Waals surface area contributed by atoms with E-state index in [1.807, 2.05) is 0 Å². The van der Waals surface area contributed by atoms with Crippen LogP contribution in [0.5, 0.6) is 0 Å². The molecular weight excluding hydrogens is 365 g/mol. The Hall–Kier alpha value is -3.49. The van der Waals surface area contributed by atoms with Crippen molar-refractivity contribution in [1.82, 2.24) is 25.6 Å². The molecule has 8 nitrogen and oxygen atoms in total. The number of H-pyrrole nitrogens is 2. The molecule has 2 heterocycles. The minimum Gasteiger partial charge on any atom is -0.352 e. The molecule has 3 aromatic rings. The molecule has 9 heteroatoms. The Morgan fingerprint density at radius 1 is 1.21 bits per heavy atom. The Kier molecular flexibility index (Phi) is 5.53. The maximum atomic E-state index is 14.2. The molecule has 0 fully saturated rings. The second-order valence-electron chi connectivity index (χ2n) is 6.55. The lowest BCUT2D eigenvalue weighted by atomic mass is 10.1. The van der Waals surface area contributed by atoms with E-state index in [0.29, 0.717) is 22.9 Å². The molecule has 0 aliphatic rings. The number of nitrogens with one attached hydrogen (secondary N) is 4. The van der Waals surface area contributed by atoms with Gasteiger partial charge in [-0.05, 0) is 43.9 Å². The van der Waals surface area contributed by atoms with E-state index in [0.717, 1.165) is 0 Å². The number of carbonyl (C=O) groups is 2. The standard InChI is InChI=1S/C19H20FN5O3/c1-10(23-18(27)16-11(2)24-19(28)25-16)3-6-22-17(26)14-7-13-9-21-5-4-12(13)8-15(14)20/h4-5,7-10H,3,6H2,1-2H3,(H,22,26)(H,23,27)(H2,24,25,28). The molecule has 0 saturated carbocycles. The Labute approximate surface area is 159 Å². The van der Waals surface area contributed by atoms with Gasteiger partial charge in [0.1, 0.15) is 11.5 Å². The number of pyridine rings is 1. The minimum absolute atomic E-state index is 0.0577. The molecule has 4 N–H and O–H groups in total. The number of hydrogen-bond acceptors (Lipinski definition) is 4. The number of hydrogen-bond donors (Lipinski definition) is 4. The normalized spacial score (nSPS) is 12.0. The van der Waals surface area contributed by atoms with Gasteiger partial charge in [-0.3, -0.25) is 14.6 Å². The van der Waals surface area contributed by atoms with Crippen molar-refractivity contribution in [2.75, 3.05) is 6.54 Å². The topological polar surface area (TPSA) is 120 Å². The van der Waals surface area contributed by atoms with Crippen LogP contribution < -0.4 is 16.3 Å². The van der Waals surface area contributed by atoms with E-state index in [-0.39, 0.29) is 23.8 Å². The number of halogens is 1. The third-order valence-corrected chi connectivity index (χ3v) is 4.35. The average Bonchev–Trinajstić information content (AvgIpc) is 2.99. The number of amides is 2. The monoisotopic (exact) mass is 385 g/mol. The highest BCUT2D eigenvalue weighted by atomic mass is 19.1. The van der Waals surface area contributed by atoms with Crippen LogP contribution in [0.2, 0.25) is 0 Å². The van der Waals surface area contributed by atoms with Crippen LogP contribution in [0, 0.1) is 12.7 Å². The number of imidazole rings is 1. The molecule has 0 aliphatic heterocycles. The van der Waals surface area contributed by atoms with E-state index in [9.17, 15) is 18.8 Å².